The van der Waals surface area contributed by atoms with E-state index in [0.717, 1.165) is 5.56 Å². The van der Waals surface area contributed by atoms with Crippen molar-refractivity contribution < 1.29 is 9.53 Å². The molecule has 1 amide bonds. The molecule has 2 aromatic rings. The molecular weight excluding hydrogens is 298 g/mol. The minimum Gasteiger partial charge on any atom is -0.473 e. The van der Waals surface area contributed by atoms with Crippen LogP contribution in [0, 0.1) is 6.92 Å². The molecule has 0 bridgehead atoms. The number of nitrogens with zero attached hydrogens (tertiary/aromatic N) is 3. The second-order valence-electron chi connectivity index (χ2n) is 4.21. The van der Waals surface area contributed by atoms with Gasteiger partial charge in [0.05, 0.1) is 12.8 Å². The summed E-state index contributed by atoms with van der Waals surface area (Å²) >= 11 is 7.24. The van der Waals surface area contributed by atoms with Crippen LogP contribution < -0.4 is 4.74 Å². The number of rotatable bonds is 4. The maximum absolute atomic E-state index is 12.4. The molecule has 106 valence electrons. The van der Waals surface area contributed by atoms with Crippen molar-refractivity contribution in [3.05, 3.63) is 39.6 Å². The number of methoxy groups -OCH3 is 1. The summed E-state index contributed by atoms with van der Waals surface area (Å²) in [7, 11) is 3.25. The number of aryl methyl sites for hydroxylation is 1. The van der Waals surface area contributed by atoms with Crippen molar-refractivity contribution in [2.45, 2.75) is 13.5 Å². The zero-order valence-corrected chi connectivity index (χ0v) is 13.0. The topological polar surface area (TPSA) is 55.3 Å². The molecule has 20 heavy (non-hydrogen) atoms. The van der Waals surface area contributed by atoms with Gasteiger partial charge < -0.3 is 9.64 Å². The molecule has 2 heterocycles. The third-order valence-electron chi connectivity index (χ3n) is 2.74. The molecule has 0 aliphatic rings. The Labute approximate surface area is 126 Å². The van der Waals surface area contributed by atoms with E-state index in [-0.39, 0.29) is 5.91 Å². The van der Waals surface area contributed by atoms with Crippen LogP contribution in [0.3, 0.4) is 0 Å². The lowest BCUT2D eigenvalue weighted by Gasteiger charge is -2.16. The first-order chi connectivity index (χ1) is 9.52. The number of amides is 1. The van der Waals surface area contributed by atoms with Crippen molar-refractivity contribution in [3.8, 4) is 5.19 Å². The van der Waals surface area contributed by atoms with E-state index >= 15 is 0 Å². The quantitative estimate of drug-likeness (QED) is 0.815. The lowest BCUT2D eigenvalue weighted by molar-refractivity contribution is 0.0789. The molecule has 0 aromatic carbocycles. The van der Waals surface area contributed by atoms with E-state index in [1.54, 1.807) is 31.1 Å². The number of ether oxygens (including phenoxy) is 1. The normalized spacial score (nSPS) is 10.4. The number of hydrogen-bond acceptors (Lipinski definition) is 5. The van der Waals surface area contributed by atoms with Crippen molar-refractivity contribution in [2.75, 3.05) is 14.2 Å². The van der Waals surface area contributed by atoms with Crippen LogP contribution in [0.15, 0.2) is 18.3 Å². The van der Waals surface area contributed by atoms with Crippen LogP contribution in [-0.2, 0) is 6.54 Å². The maximum atomic E-state index is 12.4. The summed E-state index contributed by atoms with van der Waals surface area (Å²) in [6.45, 7) is 2.18. The first-order valence-electron chi connectivity index (χ1n) is 5.89. The van der Waals surface area contributed by atoms with Gasteiger partial charge in [0.1, 0.15) is 10.0 Å². The average Bonchev–Trinajstić information content (AvgIpc) is 2.81. The Bertz CT molecular complexity index is 630. The van der Waals surface area contributed by atoms with E-state index in [9.17, 15) is 4.79 Å². The lowest BCUT2D eigenvalue weighted by Crippen LogP contribution is -2.26. The van der Waals surface area contributed by atoms with Gasteiger partial charge in [-0.2, -0.15) is 0 Å². The van der Waals surface area contributed by atoms with E-state index in [4.69, 9.17) is 16.3 Å². The smallest absolute Gasteiger partial charge is 0.273 e. The van der Waals surface area contributed by atoms with Gasteiger partial charge in [0.15, 0.2) is 0 Å². The Hall–Kier alpha value is -1.66. The van der Waals surface area contributed by atoms with Gasteiger partial charge >= 0.3 is 0 Å². The number of halogens is 1. The average molecular weight is 312 g/mol. The summed E-state index contributed by atoms with van der Waals surface area (Å²) in [4.78, 5) is 22.7. The summed E-state index contributed by atoms with van der Waals surface area (Å²) in [5, 5.41) is 0.893. The van der Waals surface area contributed by atoms with Gasteiger partial charge in [0, 0.05) is 25.4 Å². The summed E-state index contributed by atoms with van der Waals surface area (Å²) in [5.74, 6) is -0.108. The van der Waals surface area contributed by atoms with Crippen LogP contribution in [-0.4, -0.2) is 34.9 Å². The highest BCUT2D eigenvalue weighted by molar-refractivity contribution is 7.15. The van der Waals surface area contributed by atoms with E-state index in [0.29, 0.717) is 27.5 Å². The molecule has 7 heteroatoms. The molecule has 2 rings (SSSR count). The molecule has 0 aliphatic heterocycles. The van der Waals surface area contributed by atoms with Gasteiger partial charge in [-0.05, 0) is 13.0 Å². The van der Waals surface area contributed by atoms with Crippen molar-refractivity contribution in [1.82, 2.24) is 14.9 Å². The minimum absolute atomic E-state index is 0.108. The summed E-state index contributed by atoms with van der Waals surface area (Å²) in [6, 6.07) is 3.64. The molecule has 0 fully saturated rings. The van der Waals surface area contributed by atoms with Crippen LogP contribution >= 0.6 is 22.9 Å². The number of pyridine rings is 1. The zero-order valence-electron chi connectivity index (χ0n) is 11.4. The molecule has 0 aliphatic carbocycles. The molecule has 0 N–H and O–H groups in total. The Kier molecular flexibility index (Phi) is 4.57. The third-order valence-corrected chi connectivity index (χ3v) is 4.18. The second kappa shape index (κ2) is 6.19. The second-order valence-corrected chi connectivity index (χ2v) is 5.53. The van der Waals surface area contributed by atoms with Crippen molar-refractivity contribution in [3.63, 3.8) is 0 Å². The van der Waals surface area contributed by atoms with Crippen molar-refractivity contribution in [1.29, 1.82) is 0 Å². The van der Waals surface area contributed by atoms with Crippen LogP contribution in [0.5, 0.6) is 5.19 Å². The molecule has 2 aromatic heterocycles. The van der Waals surface area contributed by atoms with Crippen molar-refractivity contribution >= 4 is 28.8 Å². The molecule has 0 radical (unpaired) electrons. The predicted molar refractivity (Wildman–Crippen MR) is 78.4 cm³/mol. The number of carbonyl (C=O) groups is 1. The van der Waals surface area contributed by atoms with Gasteiger partial charge in [-0.3, -0.25) is 4.79 Å². The van der Waals surface area contributed by atoms with E-state index in [1.165, 1.54) is 18.4 Å². The number of aromatic nitrogens is 2. The van der Waals surface area contributed by atoms with Crippen LogP contribution in [0.25, 0.3) is 0 Å². The monoisotopic (exact) mass is 311 g/mol. The number of hydrogen-bond donors (Lipinski definition) is 0. The number of carbonyl (C=O) groups excluding carboxylic acids is 1. The van der Waals surface area contributed by atoms with Crippen LogP contribution in [0.2, 0.25) is 5.15 Å². The fraction of sp³-hybridized carbons (Fsp3) is 0.308. The first-order valence-corrected chi connectivity index (χ1v) is 7.08. The van der Waals surface area contributed by atoms with Crippen molar-refractivity contribution in [2.24, 2.45) is 0 Å². The van der Waals surface area contributed by atoms with Gasteiger partial charge in [-0.15, -0.1) is 0 Å². The molecule has 5 nitrogen and oxygen atoms in total. The van der Waals surface area contributed by atoms with E-state index in [2.05, 4.69) is 9.97 Å². The molecule has 0 saturated heterocycles. The zero-order chi connectivity index (χ0) is 14.7. The fourth-order valence-electron chi connectivity index (χ4n) is 1.70. The van der Waals surface area contributed by atoms with Gasteiger partial charge in [-0.25, -0.2) is 9.97 Å². The van der Waals surface area contributed by atoms with E-state index < -0.39 is 0 Å². The fourth-order valence-corrected chi connectivity index (χ4v) is 2.75. The Morgan fingerprint density at radius 2 is 2.30 bits per heavy atom. The summed E-state index contributed by atoms with van der Waals surface area (Å²) in [5.41, 5.74) is 1.47. The standard InChI is InChI=1S/C13H14ClN3O2S/c1-8-10(20-13(16-8)19-3)12(18)17(2)7-9-5-4-6-15-11(9)14/h4-6H,7H2,1-3H3. The van der Waals surface area contributed by atoms with Gasteiger partial charge in [0.2, 0.25) is 0 Å². The van der Waals surface area contributed by atoms with Crippen LogP contribution in [0.4, 0.5) is 0 Å². The van der Waals surface area contributed by atoms with E-state index in [1.807, 2.05) is 6.07 Å². The summed E-state index contributed by atoms with van der Waals surface area (Å²) < 4.78 is 5.05. The minimum atomic E-state index is -0.108. The Morgan fingerprint density at radius 3 is 2.90 bits per heavy atom. The van der Waals surface area contributed by atoms with Crippen LogP contribution in [0.1, 0.15) is 20.9 Å². The molecule has 0 saturated carbocycles. The predicted octanol–water partition coefficient (Wildman–Crippen LogP) is 2.78. The Balaban J connectivity index is 2.16. The summed E-state index contributed by atoms with van der Waals surface area (Å²) in [6.07, 6.45) is 1.62. The molecule has 0 atom stereocenters. The molecule has 0 spiro atoms. The molecule has 0 unspecified atom stereocenters. The highest BCUT2D eigenvalue weighted by atomic mass is 35.5. The lowest BCUT2D eigenvalue weighted by atomic mass is 10.2. The number of thiazole rings is 1. The Morgan fingerprint density at radius 1 is 1.55 bits per heavy atom. The SMILES string of the molecule is COc1nc(C)c(C(=O)N(C)Cc2cccnc2Cl)s1. The highest BCUT2D eigenvalue weighted by Gasteiger charge is 2.20. The van der Waals surface area contributed by atoms with Gasteiger partial charge in [-0.1, -0.05) is 29.0 Å². The molecular formula is C13H14ClN3O2S. The highest BCUT2D eigenvalue weighted by Crippen LogP contribution is 2.26. The third kappa shape index (κ3) is 3.08. The van der Waals surface area contributed by atoms with Gasteiger partial charge in [0.25, 0.3) is 11.1 Å². The first kappa shape index (κ1) is 14.7. The maximum Gasteiger partial charge on any atom is 0.273 e. The largest absolute Gasteiger partial charge is 0.473 e.